The van der Waals surface area contributed by atoms with E-state index in [0.717, 1.165) is 24.6 Å². The van der Waals surface area contributed by atoms with Crippen molar-refractivity contribution >= 4 is 0 Å². The molecule has 112 valence electrons. The summed E-state index contributed by atoms with van der Waals surface area (Å²) in [6.45, 7) is 1.04. The molecule has 1 atom stereocenters. The number of aromatic nitrogens is 1. The lowest BCUT2D eigenvalue weighted by molar-refractivity contribution is 0.252. The normalized spacial score (nSPS) is 12.6. The number of hydrogen-bond acceptors (Lipinski definition) is 3. The second-order valence-electron chi connectivity index (χ2n) is 5.04. The van der Waals surface area contributed by atoms with Crippen molar-refractivity contribution in [3.05, 3.63) is 65.5 Å². The molecule has 0 bridgehead atoms. The van der Waals surface area contributed by atoms with E-state index in [9.17, 15) is 8.78 Å². The van der Waals surface area contributed by atoms with Crippen LogP contribution in [0, 0.1) is 11.6 Å². The Kier molecular flexibility index (Phi) is 5.36. The highest BCUT2D eigenvalue weighted by Crippen LogP contribution is 2.21. The van der Waals surface area contributed by atoms with Gasteiger partial charge in [0.05, 0.1) is 0 Å². The topological polar surface area (TPSA) is 42.2 Å². The Morgan fingerprint density at radius 2 is 1.76 bits per heavy atom. The van der Waals surface area contributed by atoms with Gasteiger partial charge in [-0.25, -0.2) is 8.78 Å². The van der Waals surface area contributed by atoms with E-state index in [1.165, 1.54) is 12.1 Å². The number of hydrogen-bond donors (Lipinski definition) is 1. The number of pyridine rings is 1. The number of nitrogens with zero attached hydrogens (tertiary/aromatic N) is 2. The van der Waals surface area contributed by atoms with E-state index in [0.29, 0.717) is 12.1 Å². The molecule has 1 heterocycles. The molecular weight excluding hydrogens is 272 g/mol. The number of rotatable bonds is 6. The van der Waals surface area contributed by atoms with Crippen molar-refractivity contribution in [2.24, 2.45) is 5.73 Å². The van der Waals surface area contributed by atoms with Gasteiger partial charge in [-0.05, 0) is 48.9 Å². The summed E-state index contributed by atoms with van der Waals surface area (Å²) in [5.41, 5.74) is 7.51. The molecule has 1 aromatic carbocycles. The minimum atomic E-state index is -0.578. The molecule has 2 rings (SSSR count). The number of likely N-dealkylation sites (N-methyl/N-ethyl adjacent to an activating group) is 1. The van der Waals surface area contributed by atoms with Crippen LogP contribution in [0.1, 0.15) is 17.2 Å². The average molecular weight is 291 g/mol. The SMILES string of the molecule is CN(CCc1ccncc1)C(CN)c1cc(F)cc(F)c1. The summed E-state index contributed by atoms with van der Waals surface area (Å²) < 4.78 is 26.7. The highest BCUT2D eigenvalue weighted by atomic mass is 19.1. The molecule has 0 fully saturated rings. The molecule has 0 saturated carbocycles. The lowest BCUT2D eigenvalue weighted by atomic mass is 10.0. The van der Waals surface area contributed by atoms with Crippen LogP contribution < -0.4 is 5.73 Å². The molecule has 0 spiro atoms. The van der Waals surface area contributed by atoms with E-state index in [2.05, 4.69) is 4.98 Å². The van der Waals surface area contributed by atoms with Gasteiger partial charge in [0.1, 0.15) is 11.6 Å². The molecule has 2 N–H and O–H groups in total. The zero-order valence-electron chi connectivity index (χ0n) is 12.0. The Hall–Kier alpha value is -1.85. The first kappa shape index (κ1) is 15.5. The molecule has 0 saturated heterocycles. The van der Waals surface area contributed by atoms with Crippen LogP contribution in [0.15, 0.2) is 42.7 Å². The Morgan fingerprint density at radius 3 is 2.33 bits per heavy atom. The van der Waals surface area contributed by atoms with Gasteiger partial charge in [-0.2, -0.15) is 0 Å². The van der Waals surface area contributed by atoms with Crippen molar-refractivity contribution in [2.45, 2.75) is 12.5 Å². The Labute approximate surface area is 123 Å². The summed E-state index contributed by atoms with van der Waals surface area (Å²) in [6, 6.07) is 7.23. The van der Waals surface area contributed by atoms with E-state index < -0.39 is 11.6 Å². The van der Waals surface area contributed by atoms with Gasteiger partial charge in [0.2, 0.25) is 0 Å². The van der Waals surface area contributed by atoms with Crippen molar-refractivity contribution in [1.29, 1.82) is 0 Å². The van der Waals surface area contributed by atoms with E-state index >= 15 is 0 Å². The van der Waals surface area contributed by atoms with E-state index in [4.69, 9.17) is 5.73 Å². The monoisotopic (exact) mass is 291 g/mol. The van der Waals surface area contributed by atoms with Crippen LogP contribution in [0.3, 0.4) is 0 Å². The minimum absolute atomic E-state index is 0.211. The van der Waals surface area contributed by atoms with Gasteiger partial charge < -0.3 is 5.73 Å². The van der Waals surface area contributed by atoms with Crippen LogP contribution in [0.4, 0.5) is 8.78 Å². The van der Waals surface area contributed by atoms with Crippen LogP contribution >= 0.6 is 0 Å². The van der Waals surface area contributed by atoms with E-state index in [1.54, 1.807) is 12.4 Å². The highest BCUT2D eigenvalue weighted by molar-refractivity contribution is 5.22. The lowest BCUT2D eigenvalue weighted by Gasteiger charge is -2.27. The molecule has 1 unspecified atom stereocenters. The third-order valence-corrected chi connectivity index (χ3v) is 3.53. The zero-order chi connectivity index (χ0) is 15.2. The maximum atomic E-state index is 13.3. The molecule has 0 aliphatic rings. The number of nitrogens with two attached hydrogens (primary N) is 1. The predicted molar refractivity (Wildman–Crippen MR) is 78.7 cm³/mol. The summed E-state index contributed by atoms with van der Waals surface area (Å²) in [6.07, 6.45) is 4.32. The quantitative estimate of drug-likeness (QED) is 0.889. The third-order valence-electron chi connectivity index (χ3n) is 3.53. The number of halogens is 2. The summed E-state index contributed by atoms with van der Waals surface area (Å²) in [7, 11) is 1.90. The van der Waals surface area contributed by atoms with Gasteiger partial charge in [-0.1, -0.05) is 0 Å². The van der Waals surface area contributed by atoms with Crippen molar-refractivity contribution in [1.82, 2.24) is 9.88 Å². The minimum Gasteiger partial charge on any atom is -0.329 e. The first-order chi connectivity index (χ1) is 10.1. The summed E-state index contributed by atoms with van der Waals surface area (Å²) in [4.78, 5) is 5.98. The van der Waals surface area contributed by atoms with Crippen LogP contribution in [-0.2, 0) is 6.42 Å². The highest BCUT2D eigenvalue weighted by Gasteiger charge is 2.17. The van der Waals surface area contributed by atoms with Gasteiger partial charge in [-0.3, -0.25) is 9.88 Å². The predicted octanol–water partition coefficient (Wildman–Crippen LogP) is 2.53. The van der Waals surface area contributed by atoms with Gasteiger partial charge in [0, 0.05) is 37.6 Å². The fourth-order valence-corrected chi connectivity index (χ4v) is 2.35. The second-order valence-corrected chi connectivity index (χ2v) is 5.04. The van der Waals surface area contributed by atoms with E-state index in [1.807, 2.05) is 24.1 Å². The fourth-order valence-electron chi connectivity index (χ4n) is 2.35. The molecule has 21 heavy (non-hydrogen) atoms. The Bertz CT molecular complexity index is 555. The fraction of sp³-hybridized carbons (Fsp3) is 0.312. The molecule has 2 aromatic rings. The van der Waals surface area contributed by atoms with Crippen LogP contribution in [-0.4, -0.2) is 30.0 Å². The molecular formula is C16H19F2N3. The van der Waals surface area contributed by atoms with Gasteiger partial charge in [0.15, 0.2) is 0 Å². The third kappa shape index (κ3) is 4.31. The molecule has 0 aliphatic carbocycles. The zero-order valence-corrected chi connectivity index (χ0v) is 12.0. The van der Waals surface area contributed by atoms with Crippen molar-refractivity contribution in [3.8, 4) is 0 Å². The molecule has 0 aliphatic heterocycles. The molecule has 1 aromatic heterocycles. The second kappa shape index (κ2) is 7.24. The first-order valence-corrected chi connectivity index (χ1v) is 6.85. The van der Waals surface area contributed by atoms with Crippen LogP contribution in [0.5, 0.6) is 0 Å². The van der Waals surface area contributed by atoms with Crippen molar-refractivity contribution < 1.29 is 8.78 Å². The maximum Gasteiger partial charge on any atom is 0.126 e. The number of benzene rings is 1. The Morgan fingerprint density at radius 1 is 1.14 bits per heavy atom. The van der Waals surface area contributed by atoms with Gasteiger partial charge >= 0.3 is 0 Å². The maximum absolute atomic E-state index is 13.3. The van der Waals surface area contributed by atoms with Gasteiger partial charge in [-0.15, -0.1) is 0 Å². The summed E-state index contributed by atoms with van der Waals surface area (Å²) in [5.74, 6) is -1.16. The summed E-state index contributed by atoms with van der Waals surface area (Å²) in [5, 5.41) is 0. The largest absolute Gasteiger partial charge is 0.329 e. The standard InChI is InChI=1S/C16H19F2N3/c1-21(7-4-12-2-5-20-6-3-12)16(11-19)13-8-14(17)10-15(18)9-13/h2-3,5-6,8-10,16H,4,7,11,19H2,1H3. The summed E-state index contributed by atoms with van der Waals surface area (Å²) >= 11 is 0. The molecule has 0 amide bonds. The van der Waals surface area contributed by atoms with Crippen LogP contribution in [0.2, 0.25) is 0 Å². The first-order valence-electron chi connectivity index (χ1n) is 6.85. The van der Waals surface area contributed by atoms with Crippen LogP contribution in [0.25, 0.3) is 0 Å². The molecule has 5 heteroatoms. The van der Waals surface area contributed by atoms with Crippen molar-refractivity contribution in [2.75, 3.05) is 20.1 Å². The van der Waals surface area contributed by atoms with E-state index in [-0.39, 0.29) is 6.04 Å². The molecule has 3 nitrogen and oxygen atoms in total. The lowest BCUT2D eigenvalue weighted by Crippen LogP contribution is -2.32. The average Bonchev–Trinajstić information content (AvgIpc) is 2.46. The smallest absolute Gasteiger partial charge is 0.126 e. The Balaban J connectivity index is 2.06. The van der Waals surface area contributed by atoms with Crippen molar-refractivity contribution in [3.63, 3.8) is 0 Å². The van der Waals surface area contributed by atoms with Gasteiger partial charge in [0.25, 0.3) is 0 Å². The molecule has 0 radical (unpaired) electrons.